The second-order valence-corrected chi connectivity index (χ2v) is 9.86. The standard InChI is InChI=1S/C24H27ClN4O4S/c1-14-10-17(18(33-2)11-16(14)25)28-20(30)8-5-9-26-21(31)12-29-13-27-23-22(24(29)32)15-6-3-4-7-19(15)34-23/h10-11,13H,3-9,12H2,1-2H3,(H,26,31)(H,28,30). The van der Waals surface area contributed by atoms with Crippen molar-refractivity contribution in [2.24, 2.45) is 0 Å². The molecule has 0 saturated carbocycles. The van der Waals surface area contributed by atoms with Gasteiger partial charge < -0.3 is 15.4 Å². The summed E-state index contributed by atoms with van der Waals surface area (Å²) in [5.41, 5.74) is 2.33. The van der Waals surface area contributed by atoms with E-state index in [1.807, 2.05) is 6.92 Å². The molecule has 4 rings (SSSR count). The van der Waals surface area contributed by atoms with Crippen molar-refractivity contribution in [3.8, 4) is 5.75 Å². The summed E-state index contributed by atoms with van der Waals surface area (Å²) in [6.45, 7) is 2.07. The molecule has 2 N–H and O–H groups in total. The number of anilines is 1. The molecule has 1 aliphatic carbocycles. The van der Waals surface area contributed by atoms with E-state index in [4.69, 9.17) is 16.3 Å². The van der Waals surface area contributed by atoms with E-state index in [0.29, 0.717) is 34.8 Å². The Balaban J connectivity index is 1.28. The number of fused-ring (bicyclic) bond motifs is 3. The molecule has 10 heteroatoms. The first-order valence-electron chi connectivity index (χ1n) is 11.3. The molecule has 0 saturated heterocycles. The number of amides is 2. The largest absolute Gasteiger partial charge is 0.495 e. The number of ether oxygens (including phenoxy) is 1. The normalized spacial score (nSPS) is 12.9. The van der Waals surface area contributed by atoms with Crippen LogP contribution in [0.25, 0.3) is 10.2 Å². The second-order valence-electron chi connectivity index (χ2n) is 8.37. The fraction of sp³-hybridized carbons (Fsp3) is 0.417. The van der Waals surface area contributed by atoms with Gasteiger partial charge >= 0.3 is 0 Å². The van der Waals surface area contributed by atoms with Crippen LogP contribution >= 0.6 is 22.9 Å². The maximum Gasteiger partial charge on any atom is 0.262 e. The molecule has 8 nitrogen and oxygen atoms in total. The van der Waals surface area contributed by atoms with Crippen LogP contribution < -0.4 is 20.9 Å². The van der Waals surface area contributed by atoms with Crippen molar-refractivity contribution in [2.45, 2.75) is 52.0 Å². The minimum atomic E-state index is -0.289. The number of nitrogens with zero attached hydrogens (tertiary/aromatic N) is 2. The molecule has 1 aromatic carbocycles. The number of benzene rings is 1. The Morgan fingerprint density at radius 3 is 2.82 bits per heavy atom. The van der Waals surface area contributed by atoms with Gasteiger partial charge in [0.15, 0.2) is 0 Å². The van der Waals surface area contributed by atoms with Crippen LogP contribution in [0.5, 0.6) is 5.75 Å². The van der Waals surface area contributed by atoms with E-state index < -0.39 is 0 Å². The first-order chi connectivity index (χ1) is 16.4. The number of aryl methyl sites for hydroxylation is 3. The molecule has 180 valence electrons. The smallest absolute Gasteiger partial charge is 0.262 e. The highest BCUT2D eigenvalue weighted by atomic mass is 35.5. The third kappa shape index (κ3) is 5.26. The fourth-order valence-electron chi connectivity index (χ4n) is 4.12. The van der Waals surface area contributed by atoms with Crippen molar-refractivity contribution in [2.75, 3.05) is 19.0 Å². The lowest BCUT2D eigenvalue weighted by molar-refractivity contribution is -0.122. The van der Waals surface area contributed by atoms with E-state index in [1.54, 1.807) is 23.5 Å². The summed E-state index contributed by atoms with van der Waals surface area (Å²) < 4.78 is 6.63. The van der Waals surface area contributed by atoms with Gasteiger partial charge in [-0.2, -0.15) is 0 Å². The number of hydrogen-bond acceptors (Lipinski definition) is 6. The van der Waals surface area contributed by atoms with Gasteiger partial charge in [-0.1, -0.05) is 11.6 Å². The molecular formula is C24H27ClN4O4S. The Kier molecular flexibility index (Phi) is 7.53. The van der Waals surface area contributed by atoms with Crippen LogP contribution in [0.15, 0.2) is 23.3 Å². The maximum absolute atomic E-state index is 13.0. The summed E-state index contributed by atoms with van der Waals surface area (Å²) in [7, 11) is 1.51. The second kappa shape index (κ2) is 10.6. The quantitative estimate of drug-likeness (QED) is 0.455. The molecule has 0 radical (unpaired) electrons. The number of carbonyl (C=O) groups is 2. The van der Waals surface area contributed by atoms with Crippen molar-refractivity contribution >= 4 is 50.7 Å². The van der Waals surface area contributed by atoms with Gasteiger partial charge in [-0.25, -0.2) is 4.98 Å². The van der Waals surface area contributed by atoms with Gasteiger partial charge in [-0.15, -0.1) is 11.3 Å². The van der Waals surface area contributed by atoms with Gasteiger partial charge in [-0.05, 0) is 56.2 Å². The average Bonchev–Trinajstić information content (AvgIpc) is 3.20. The zero-order valence-corrected chi connectivity index (χ0v) is 20.8. The predicted octanol–water partition coefficient (Wildman–Crippen LogP) is 3.84. The summed E-state index contributed by atoms with van der Waals surface area (Å²) in [5, 5.41) is 6.82. The Hall–Kier alpha value is -2.91. The minimum absolute atomic E-state index is 0.0974. The number of aromatic nitrogens is 2. The lowest BCUT2D eigenvalue weighted by Crippen LogP contribution is -2.33. The maximum atomic E-state index is 13.0. The monoisotopic (exact) mass is 502 g/mol. The molecule has 34 heavy (non-hydrogen) atoms. The minimum Gasteiger partial charge on any atom is -0.495 e. The van der Waals surface area contributed by atoms with Crippen molar-refractivity contribution in [3.05, 3.63) is 49.8 Å². The summed E-state index contributed by atoms with van der Waals surface area (Å²) in [6, 6.07) is 3.42. The topological polar surface area (TPSA) is 102 Å². The third-order valence-electron chi connectivity index (χ3n) is 5.91. The van der Waals surface area contributed by atoms with Gasteiger partial charge in [0.2, 0.25) is 11.8 Å². The van der Waals surface area contributed by atoms with Gasteiger partial charge in [0.05, 0.1) is 24.5 Å². The molecule has 3 aromatic rings. The summed E-state index contributed by atoms with van der Waals surface area (Å²) in [4.78, 5) is 44.1. The highest BCUT2D eigenvalue weighted by Crippen LogP contribution is 2.33. The highest BCUT2D eigenvalue weighted by molar-refractivity contribution is 7.18. The van der Waals surface area contributed by atoms with Gasteiger partial charge in [0.1, 0.15) is 17.1 Å². The lowest BCUT2D eigenvalue weighted by atomic mass is 9.97. The van der Waals surface area contributed by atoms with Gasteiger partial charge in [0.25, 0.3) is 5.56 Å². The van der Waals surface area contributed by atoms with Crippen LogP contribution in [0.1, 0.15) is 41.7 Å². The number of methoxy groups -OCH3 is 1. The van der Waals surface area contributed by atoms with E-state index >= 15 is 0 Å². The molecule has 0 atom stereocenters. The predicted molar refractivity (Wildman–Crippen MR) is 134 cm³/mol. The van der Waals surface area contributed by atoms with Crippen molar-refractivity contribution < 1.29 is 14.3 Å². The Bertz CT molecular complexity index is 1300. The Morgan fingerprint density at radius 1 is 1.24 bits per heavy atom. The summed E-state index contributed by atoms with van der Waals surface area (Å²) >= 11 is 7.69. The number of carbonyl (C=O) groups excluding carboxylic acids is 2. The zero-order chi connectivity index (χ0) is 24.2. The van der Waals surface area contributed by atoms with Crippen LogP contribution in [0.4, 0.5) is 5.69 Å². The molecule has 1 aliphatic rings. The average molecular weight is 503 g/mol. The molecular weight excluding hydrogens is 476 g/mol. The van der Waals surface area contributed by atoms with Crippen LogP contribution in [0, 0.1) is 6.92 Å². The highest BCUT2D eigenvalue weighted by Gasteiger charge is 2.20. The number of nitrogens with one attached hydrogen (secondary N) is 2. The molecule has 0 fully saturated rings. The van der Waals surface area contributed by atoms with Crippen molar-refractivity contribution in [1.82, 2.24) is 14.9 Å². The third-order valence-corrected chi connectivity index (χ3v) is 7.52. The van der Waals surface area contributed by atoms with Crippen LogP contribution in [-0.2, 0) is 29.0 Å². The molecule has 2 aromatic heterocycles. The van der Waals surface area contributed by atoms with Crippen LogP contribution in [0.2, 0.25) is 5.02 Å². The molecule has 0 aliphatic heterocycles. The molecule has 0 spiro atoms. The molecule has 2 amide bonds. The van der Waals surface area contributed by atoms with E-state index in [-0.39, 0.29) is 30.3 Å². The number of rotatable bonds is 8. The molecule has 0 bridgehead atoms. The van der Waals surface area contributed by atoms with Gasteiger partial charge in [-0.3, -0.25) is 19.0 Å². The van der Waals surface area contributed by atoms with E-state index in [0.717, 1.165) is 41.6 Å². The number of thiophene rings is 1. The Labute approximate surface area is 206 Å². The van der Waals surface area contributed by atoms with Crippen molar-refractivity contribution in [3.63, 3.8) is 0 Å². The van der Waals surface area contributed by atoms with E-state index in [1.165, 1.54) is 22.9 Å². The van der Waals surface area contributed by atoms with E-state index in [2.05, 4.69) is 15.6 Å². The first kappa shape index (κ1) is 24.2. The first-order valence-corrected chi connectivity index (χ1v) is 12.5. The molecule has 2 heterocycles. The molecule has 0 unspecified atom stereocenters. The zero-order valence-electron chi connectivity index (χ0n) is 19.2. The fourth-order valence-corrected chi connectivity index (χ4v) is 5.50. The van der Waals surface area contributed by atoms with Crippen molar-refractivity contribution in [1.29, 1.82) is 0 Å². The lowest BCUT2D eigenvalue weighted by Gasteiger charge is -2.12. The Morgan fingerprint density at radius 2 is 2.03 bits per heavy atom. The van der Waals surface area contributed by atoms with Crippen LogP contribution in [0.3, 0.4) is 0 Å². The van der Waals surface area contributed by atoms with Crippen LogP contribution in [-0.4, -0.2) is 35.0 Å². The summed E-state index contributed by atoms with van der Waals surface area (Å²) in [5.74, 6) is 0.00489. The number of hydrogen-bond donors (Lipinski definition) is 2. The van der Waals surface area contributed by atoms with E-state index in [9.17, 15) is 14.4 Å². The number of halogens is 1. The van der Waals surface area contributed by atoms with Gasteiger partial charge in [0, 0.05) is 28.9 Å². The SMILES string of the molecule is COc1cc(Cl)c(C)cc1NC(=O)CCCNC(=O)Cn1cnc2sc3c(c2c1=O)CCCC3. The summed E-state index contributed by atoms with van der Waals surface area (Å²) in [6.07, 6.45) is 6.23.